The average molecular weight is 327 g/mol. The number of hydrogen-bond acceptors (Lipinski definition) is 2. The maximum Gasteiger partial charge on any atom is 0.0995 e. The van der Waals surface area contributed by atoms with Gasteiger partial charge in [-0.25, -0.2) is 4.98 Å². The van der Waals surface area contributed by atoms with Gasteiger partial charge in [-0.2, -0.15) is 0 Å². The van der Waals surface area contributed by atoms with Crippen LogP contribution < -0.4 is 5.32 Å². The van der Waals surface area contributed by atoms with Crippen molar-refractivity contribution in [2.75, 3.05) is 6.54 Å². The lowest BCUT2D eigenvalue weighted by Crippen LogP contribution is -2.16. The molecule has 3 rings (SSSR count). The van der Waals surface area contributed by atoms with Crippen molar-refractivity contribution in [3.05, 3.63) is 45.9 Å². The second-order valence-corrected chi connectivity index (χ2v) is 5.61. The summed E-state index contributed by atoms with van der Waals surface area (Å²) >= 11 is 9.69. The van der Waals surface area contributed by atoms with E-state index >= 15 is 0 Å². The standard InChI is InChI=1S/C13H13BrClN3/c14-13-9(15)3-1-5-11(13)18-8-16-7-12(18)10-4-2-6-17-10/h1,3,5,7-8,10,17H,2,4,6H2/t10-/m0/s1. The van der Waals surface area contributed by atoms with E-state index in [1.807, 2.05) is 30.7 Å². The van der Waals surface area contributed by atoms with Crippen LogP contribution in [0, 0.1) is 0 Å². The number of halogens is 2. The van der Waals surface area contributed by atoms with Crippen molar-refractivity contribution >= 4 is 27.5 Å². The van der Waals surface area contributed by atoms with E-state index in [9.17, 15) is 0 Å². The molecule has 18 heavy (non-hydrogen) atoms. The molecule has 2 heterocycles. The van der Waals surface area contributed by atoms with E-state index < -0.39 is 0 Å². The van der Waals surface area contributed by atoms with Crippen LogP contribution in [-0.4, -0.2) is 16.1 Å². The van der Waals surface area contributed by atoms with Crippen LogP contribution in [-0.2, 0) is 0 Å². The van der Waals surface area contributed by atoms with E-state index in [1.54, 1.807) is 0 Å². The summed E-state index contributed by atoms with van der Waals surface area (Å²) in [5, 5.41) is 4.21. The van der Waals surface area contributed by atoms with Gasteiger partial charge in [-0.05, 0) is 47.4 Å². The molecule has 1 saturated heterocycles. The van der Waals surface area contributed by atoms with Crippen molar-refractivity contribution in [3.63, 3.8) is 0 Å². The Hall–Kier alpha value is -0.840. The lowest BCUT2D eigenvalue weighted by molar-refractivity contribution is 0.615. The van der Waals surface area contributed by atoms with Gasteiger partial charge < -0.3 is 9.88 Å². The highest BCUT2D eigenvalue weighted by molar-refractivity contribution is 9.10. The molecular formula is C13H13BrClN3. The summed E-state index contributed by atoms with van der Waals surface area (Å²) in [5.74, 6) is 0. The number of aromatic nitrogens is 2. The van der Waals surface area contributed by atoms with Crippen molar-refractivity contribution in [3.8, 4) is 5.69 Å². The Labute approximate surface area is 119 Å². The van der Waals surface area contributed by atoms with Crippen LogP contribution in [0.1, 0.15) is 24.6 Å². The third kappa shape index (κ3) is 2.09. The van der Waals surface area contributed by atoms with Gasteiger partial charge in [0, 0.05) is 6.04 Å². The van der Waals surface area contributed by atoms with E-state index in [0.717, 1.165) is 23.1 Å². The minimum absolute atomic E-state index is 0.387. The quantitative estimate of drug-likeness (QED) is 0.911. The fraction of sp³-hybridized carbons (Fsp3) is 0.308. The second-order valence-electron chi connectivity index (χ2n) is 4.41. The zero-order chi connectivity index (χ0) is 12.5. The summed E-state index contributed by atoms with van der Waals surface area (Å²) in [6, 6.07) is 6.25. The fourth-order valence-corrected chi connectivity index (χ4v) is 3.00. The van der Waals surface area contributed by atoms with Gasteiger partial charge in [-0.3, -0.25) is 0 Å². The summed E-state index contributed by atoms with van der Waals surface area (Å²) in [6.45, 7) is 1.08. The number of nitrogens with zero attached hydrogens (tertiary/aromatic N) is 2. The molecule has 0 unspecified atom stereocenters. The Balaban J connectivity index is 2.06. The van der Waals surface area contributed by atoms with Crippen molar-refractivity contribution < 1.29 is 0 Å². The Kier molecular flexibility index (Phi) is 3.41. The van der Waals surface area contributed by atoms with Crippen molar-refractivity contribution in [2.24, 2.45) is 0 Å². The first-order chi connectivity index (χ1) is 8.77. The van der Waals surface area contributed by atoms with Gasteiger partial charge in [-0.1, -0.05) is 17.7 Å². The number of imidazole rings is 1. The third-order valence-electron chi connectivity index (χ3n) is 3.28. The predicted molar refractivity (Wildman–Crippen MR) is 76.3 cm³/mol. The molecule has 0 aliphatic carbocycles. The van der Waals surface area contributed by atoms with Crippen molar-refractivity contribution in [2.45, 2.75) is 18.9 Å². The second kappa shape index (κ2) is 5.03. The molecule has 1 aliphatic heterocycles. The first-order valence-corrected chi connectivity index (χ1v) is 7.14. The highest BCUT2D eigenvalue weighted by atomic mass is 79.9. The normalized spacial score (nSPS) is 19.3. The molecule has 1 aromatic heterocycles. The molecule has 1 fully saturated rings. The first-order valence-electron chi connectivity index (χ1n) is 5.97. The van der Waals surface area contributed by atoms with E-state index in [4.69, 9.17) is 11.6 Å². The van der Waals surface area contributed by atoms with Crippen LogP contribution in [0.2, 0.25) is 5.02 Å². The van der Waals surface area contributed by atoms with Crippen LogP contribution in [0.15, 0.2) is 35.2 Å². The van der Waals surface area contributed by atoms with Gasteiger partial charge in [0.15, 0.2) is 0 Å². The Morgan fingerprint density at radius 2 is 2.33 bits per heavy atom. The molecule has 1 atom stereocenters. The maximum absolute atomic E-state index is 6.15. The highest BCUT2D eigenvalue weighted by Crippen LogP contribution is 2.32. The molecule has 0 spiro atoms. The Morgan fingerprint density at radius 3 is 3.11 bits per heavy atom. The van der Waals surface area contributed by atoms with Gasteiger partial charge in [0.1, 0.15) is 0 Å². The molecule has 5 heteroatoms. The zero-order valence-electron chi connectivity index (χ0n) is 9.74. The molecule has 2 aromatic rings. The molecule has 0 radical (unpaired) electrons. The maximum atomic E-state index is 6.15. The van der Waals surface area contributed by atoms with Gasteiger partial charge >= 0.3 is 0 Å². The monoisotopic (exact) mass is 325 g/mol. The molecule has 0 amide bonds. The van der Waals surface area contributed by atoms with Gasteiger partial charge in [-0.15, -0.1) is 0 Å². The van der Waals surface area contributed by atoms with Gasteiger partial charge in [0.05, 0.1) is 33.4 Å². The summed E-state index contributed by atoms with van der Waals surface area (Å²) in [4.78, 5) is 4.27. The minimum atomic E-state index is 0.387. The summed E-state index contributed by atoms with van der Waals surface area (Å²) < 4.78 is 3.00. The highest BCUT2D eigenvalue weighted by Gasteiger charge is 2.21. The number of nitrogens with one attached hydrogen (secondary N) is 1. The molecule has 1 aliphatic rings. The zero-order valence-corrected chi connectivity index (χ0v) is 12.1. The lowest BCUT2D eigenvalue weighted by Gasteiger charge is -2.15. The van der Waals surface area contributed by atoms with Crippen molar-refractivity contribution in [1.29, 1.82) is 0 Å². The van der Waals surface area contributed by atoms with Gasteiger partial charge in [0.25, 0.3) is 0 Å². The van der Waals surface area contributed by atoms with Crippen LogP contribution >= 0.6 is 27.5 Å². The van der Waals surface area contributed by atoms with E-state index in [-0.39, 0.29) is 0 Å². The molecule has 0 bridgehead atoms. The van der Waals surface area contributed by atoms with Crippen LogP contribution in [0.5, 0.6) is 0 Å². The van der Waals surface area contributed by atoms with Gasteiger partial charge in [0.2, 0.25) is 0 Å². The molecule has 94 valence electrons. The number of hydrogen-bond donors (Lipinski definition) is 1. The minimum Gasteiger partial charge on any atom is -0.309 e. The molecule has 1 N–H and O–H groups in total. The van der Waals surface area contributed by atoms with Crippen LogP contribution in [0.4, 0.5) is 0 Å². The Morgan fingerprint density at radius 1 is 1.44 bits per heavy atom. The predicted octanol–water partition coefficient (Wildman–Crippen LogP) is 3.71. The van der Waals surface area contributed by atoms with E-state index in [2.05, 4.69) is 30.8 Å². The fourth-order valence-electron chi connectivity index (χ4n) is 2.38. The van der Waals surface area contributed by atoms with Crippen LogP contribution in [0.3, 0.4) is 0 Å². The summed E-state index contributed by atoms with van der Waals surface area (Å²) in [5.41, 5.74) is 2.22. The topological polar surface area (TPSA) is 29.9 Å². The molecule has 3 nitrogen and oxygen atoms in total. The smallest absolute Gasteiger partial charge is 0.0995 e. The van der Waals surface area contributed by atoms with Crippen molar-refractivity contribution in [1.82, 2.24) is 14.9 Å². The van der Waals surface area contributed by atoms with E-state index in [1.165, 1.54) is 12.1 Å². The molecule has 1 aromatic carbocycles. The average Bonchev–Trinajstić information content (AvgIpc) is 3.01. The number of rotatable bonds is 2. The Bertz CT molecular complexity index is 561. The molecular weight excluding hydrogens is 314 g/mol. The van der Waals surface area contributed by atoms with E-state index in [0.29, 0.717) is 11.1 Å². The SMILES string of the molecule is Clc1cccc(-n2cncc2[C@@H]2CCCN2)c1Br. The largest absolute Gasteiger partial charge is 0.309 e. The molecule has 0 saturated carbocycles. The lowest BCUT2D eigenvalue weighted by atomic mass is 10.1. The number of benzene rings is 1. The first kappa shape index (κ1) is 12.2. The summed E-state index contributed by atoms with van der Waals surface area (Å²) in [7, 11) is 0. The van der Waals surface area contributed by atoms with Crippen LogP contribution in [0.25, 0.3) is 5.69 Å². The summed E-state index contributed by atoms with van der Waals surface area (Å²) in [6.07, 6.45) is 6.14. The third-order valence-corrected chi connectivity index (χ3v) is 4.65.